The second-order valence-corrected chi connectivity index (χ2v) is 10.5. The third-order valence-electron chi connectivity index (χ3n) is 6.60. The molecule has 1 atom stereocenters. The summed E-state index contributed by atoms with van der Waals surface area (Å²) >= 11 is 0. The van der Waals surface area contributed by atoms with Crippen molar-refractivity contribution in [3.8, 4) is 0 Å². The summed E-state index contributed by atoms with van der Waals surface area (Å²) in [5, 5.41) is 2.14. The van der Waals surface area contributed by atoms with Gasteiger partial charge in [0.05, 0.1) is 16.8 Å². The number of benzene rings is 1. The number of hydrogen-bond acceptors (Lipinski definition) is 7. The zero-order valence-corrected chi connectivity index (χ0v) is 19.1. The van der Waals surface area contributed by atoms with Gasteiger partial charge in [-0.05, 0) is 39.3 Å². The maximum Gasteiger partial charge on any atom is 0.410 e. The van der Waals surface area contributed by atoms with E-state index in [2.05, 4.69) is 5.32 Å². The first kappa shape index (κ1) is 22.3. The van der Waals surface area contributed by atoms with Crippen molar-refractivity contribution in [2.24, 2.45) is 5.41 Å². The van der Waals surface area contributed by atoms with Gasteiger partial charge in [-0.25, -0.2) is 9.18 Å². The second kappa shape index (κ2) is 7.25. The van der Waals surface area contributed by atoms with Crippen LogP contribution in [0, 0.1) is 11.2 Å². The maximum atomic E-state index is 14.9. The monoisotopic (exact) mass is 472 g/mol. The fourth-order valence-electron chi connectivity index (χ4n) is 5.07. The molecule has 5 amide bonds. The minimum atomic E-state index is -1.10. The van der Waals surface area contributed by atoms with E-state index in [1.807, 2.05) is 0 Å². The molecule has 1 aromatic rings. The van der Waals surface area contributed by atoms with Crippen molar-refractivity contribution in [3.63, 3.8) is 0 Å². The molecule has 34 heavy (non-hydrogen) atoms. The molecule has 180 valence electrons. The molecule has 1 N–H and O–H groups in total. The van der Waals surface area contributed by atoms with E-state index in [4.69, 9.17) is 4.74 Å². The largest absolute Gasteiger partial charge is 0.444 e. The van der Waals surface area contributed by atoms with Crippen molar-refractivity contribution < 1.29 is 33.1 Å². The van der Waals surface area contributed by atoms with Crippen molar-refractivity contribution in [2.45, 2.75) is 45.3 Å². The van der Waals surface area contributed by atoms with Gasteiger partial charge in [0.2, 0.25) is 11.8 Å². The number of amides is 5. The Hall–Kier alpha value is -3.50. The first-order valence-corrected chi connectivity index (χ1v) is 11.2. The summed E-state index contributed by atoms with van der Waals surface area (Å²) in [5.74, 6) is -3.23. The van der Waals surface area contributed by atoms with E-state index in [1.54, 1.807) is 30.6 Å². The highest BCUT2D eigenvalue weighted by molar-refractivity contribution is 6.23. The predicted molar refractivity (Wildman–Crippen MR) is 116 cm³/mol. The quantitative estimate of drug-likeness (QED) is 0.645. The Labute approximate surface area is 195 Å². The van der Waals surface area contributed by atoms with E-state index >= 15 is 0 Å². The summed E-state index contributed by atoms with van der Waals surface area (Å²) in [4.78, 5) is 65.8. The van der Waals surface area contributed by atoms with Gasteiger partial charge in [-0.2, -0.15) is 0 Å². The molecule has 1 aromatic carbocycles. The number of anilines is 1. The lowest BCUT2D eigenvalue weighted by molar-refractivity contribution is -0.136. The topological polar surface area (TPSA) is 116 Å². The van der Waals surface area contributed by atoms with Crippen LogP contribution in [0.5, 0.6) is 0 Å². The maximum absolute atomic E-state index is 14.9. The molecule has 1 spiro atoms. The van der Waals surface area contributed by atoms with Gasteiger partial charge in [-0.3, -0.25) is 29.4 Å². The Morgan fingerprint density at radius 2 is 1.68 bits per heavy atom. The molecule has 4 aliphatic rings. The Morgan fingerprint density at radius 3 is 2.26 bits per heavy atom. The molecule has 1 unspecified atom stereocenters. The average Bonchev–Trinajstić information content (AvgIpc) is 2.88. The summed E-state index contributed by atoms with van der Waals surface area (Å²) in [5.41, 5.74) is -0.584. The summed E-state index contributed by atoms with van der Waals surface area (Å²) in [6.45, 7) is 7.42. The number of ether oxygens (including phenoxy) is 1. The predicted octanol–water partition coefficient (Wildman–Crippen LogP) is 1.28. The number of piperidine rings is 1. The van der Waals surface area contributed by atoms with E-state index in [0.717, 1.165) is 11.0 Å². The highest BCUT2D eigenvalue weighted by Crippen LogP contribution is 2.44. The van der Waals surface area contributed by atoms with Crippen molar-refractivity contribution in [3.05, 3.63) is 29.1 Å². The third kappa shape index (κ3) is 3.50. The standard InChI is InChI=1S/C23H25FN4O6/c1-22(2,3)34-21(33)27-10-23(11-27)8-26(9-23)16-7-13-12(6-14(16)24)19(31)28(20(13)32)15-4-5-17(29)25-18(15)30/h6-7,15H,4-5,8-11H2,1-3H3,(H,25,29,30). The molecule has 4 heterocycles. The van der Waals surface area contributed by atoms with E-state index in [1.165, 1.54) is 6.07 Å². The van der Waals surface area contributed by atoms with Crippen LogP contribution in [-0.4, -0.2) is 77.3 Å². The Kier molecular flexibility index (Phi) is 4.75. The molecule has 3 saturated heterocycles. The lowest BCUT2D eigenvalue weighted by Crippen LogP contribution is -2.73. The third-order valence-corrected chi connectivity index (χ3v) is 6.60. The number of halogens is 1. The molecule has 4 aliphatic heterocycles. The van der Waals surface area contributed by atoms with Crippen molar-refractivity contribution >= 4 is 35.4 Å². The first-order chi connectivity index (χ1) is 15.9. The molecule has 3 fully saturated rings. The average molecular weight is 472 g/mol. The smallest absolute Gasteiger partial charge is 0.410 e. The van der Waals surface area contributed by atoms with Crippen LogP contribution in [0.1, 0.15) is 54.3 Å². The van der Waals surface area contributed by atoms with Gasteiger partial charge in [-0.15, -0.1) is 0 Å². The van der Waals surface area contributed by atoms with Crippen LogP contribution in [0.25, 0.3) is 0 Å². The van der Waals surface area contributed by atoms with Crippen LogP contribution in [0.2, 0.25) is 0 Å². The van der Waals surface area contributed by atoms with Crippen molar-refractivity contribution in [1.82, 2.24) is 15.1 Å². The molecular formula is C23H25FN4O6. The first-order valence-electron chi connectivity index (χ1n) is 11.2. The molecule has 0 aromatic heterocycles. The van der Waals surface area contributed by atoms with Gasteiger partial charge in [0, 0.05) is 38.0 Å². The molecule has 11 heteroatoms. The number of likely N-dealkylation sites (tertiary alicyclic amines) is 1. The summed E-state index contributed by atoms with van der Waals surface area (Å²) < 4.78 is 20.3. The molecular weight excluding hydrogens is 447 g/mol. The fraction of sp³-hybridized carbons (Fsp3) is 0.522. The molecule has 10 nitrogen and oxygen atoms in total. The number of carbonyl (C=O) groups is 5. The Balaban J connectivity index is 1.28. The van der Waals surface area contributed by atoms with Crippen LogP contribution in [0.3, 0.4) is 0 Å². The molecule has 0 aliphatic carbocycles. The van der Waals surface area contributed by atoms with Gasteiger partial charge in [-0.1, -0.05) is 0 Å². The van der Waals surface area contributed by atoms with Crippen molar-refractivity contribution in [1.29, 1.82) is 0 Å². The number of carbonyl (C=O) groups excluding carboxylic acids is 5. The van der Waals surface area contributed by atoms with E-state index < -0.39 is 41.1 Å². The Morgan fingerprint density at radius 1 is 1.06 bits per heavy atom. The fourth-order valence-corrected chi connectivity index (χ4v) is 5.07. The summed E-state index contributed by atoms with van der Waals surface area (Å²) in [6.07, 6.45) is -0.327. The van der Waals surface area contributed by atoms with E-state index in [0.29, 0.717) is 26.2 Å². The highest BCUT2D eigenvalue weighted by Gasteiger charge is 2.55. The zero-order valence-electron chi connectivity index (χ0n) is 19.1. The SMILES string of the molecule is CC(C)(C)OC(=O)N1CC2(C1)CN(c1cc3c(cc1F)C(=O)N(C1CCC(=O)NC1=O)C3=O)C2. The van der Waals surface area contributed by atoms with Crippen LogP contribution >= 0.6 is 0 Å². The van der Waals surface area contributed by atoms with Crippen LogP contribution < -0.4 is 10.2 Å². The van der Waals surface area contributed by atoms with Crippen LogP contribution in [0.15, 0.2) is 12.1 Å². The van der Waals surface area contributed by atoms with Crippen LogP contribution in [0.4, 0.5) is 14.9 Å². The van der Waals surface area contributed by atoms with Gasteiger partial charge >= 0.3 is 6.09 Å². The molecule has 0 saturated carbocycles. The number of rotatable bonds is 2. The number of fused-ring (bicyclic) bond motifs is 1. The molecule has 0 bridgehead atoms. The normalized spacial score (nSPS) is 23.5. The number of nitrogens with one attached hydrogen (secondary N) is 1. The minimum absolute atomic E-state index is 0.0135. The van der Waals surface area contributed by atoms with Gasteiger partial charge in [0.15, 0.2) is 0 Å². The van der Waals surface area contributed by atoms with Gasteiger partial charge < -0.3 is 14.5 Å². The van der Waals surface area contributed by atoms with Crippen LogP contribution in [-0.2, 0) is 14.3 Å². The number of imide groups is 2. The highest BCUT2D eigenvalue weighted by atomic mass is 19.1. The minimum Gasteiger partial charge on any atom is -0.444 e. The molecule has 5 rings (SSSR count). The summed E-state index contributed by atoms with van der Waals surface area (Å²) in [7, 11) is 0. The molecule has 0 radical (unpaired) electrons. The van der Waals surface area contributed by atoms with Gasteiger partial charge in [0.25, 0.3) is 11.8 Å². The van der Waals surface area contributed by atoms with Crippen molar-refractivity contribution in [2.75, 3.05) is 31.1 Å². The summed E-state index contributed by atoms with van der Waals surface area (Å²) in [6, 6.07) is 1.29. The second-order valence-electron chi connectivity index (χ2n) is 10.5. The van der Waals surface area contributed by atoms with Gasteiger partial charge in [0.1, 0.15) is 17.5 Å². The number of nitrogens with zero attached hydrogens (tertiary/aromatic N) is 3. The number of hydrogen-bond donors (Lipinski definition) is 1. The Bertz CT molecular complexity index is 1140. The lowest BCUT2D eigenvalue weighted by atomic mass is 9.72. The van der Waals surface area contributed by atoms with E-state index in [-0.39, 0.29) is 41.2 Å². The van der Waals surface area contributed by atoms with E-state index in [9.17, 15) is 28.4 Å². The lowest BCUT2D eigenvalue weighted by Gasteiger charge is -2.60. The zero-order chi connectivity index (χ0) is 24.6.